The van der Waals surface area contributed by atoms with Gasteiger partial charge in [0.25, 0.3) is 0 Å². The average molecular weight is 302 g/mol. The molecule has 1 aliphatic heterocycles. The second-order valence-corrected chi connectivity index (χ2v) is 5.31. The van der Waals surface area contributed by atoms with E-state index < -0.39 is 0 Å². The average Bonchev–Trinajstić information content (AvgIpc) is 2.93. The molecule has 0 atom stereocenters. The van der Waals surface area contributed by atoms with E-state index in [-0.39, 0.29) is 12.6 Å². The Hall–Kier alpha value is -2.41. The number of ether oxygens (including phenoxy) is 1. The van der Waals surface area contributed by atoms with Crippen LogP contribution in [0.5, 0.6) is 0 Å². The largest absolute Gasteiger partial charge is 0.461 e. The van der Waals surface area contributed by atoms with Gasteiger partial charge in [-0.3, -0.25) is 9.69 Å². The number of anilines is 1. The van der Waals surface area contributed by atoms with Gasteiger partial charge >= 0.3 is 5.97 Å². The van der Waals surface area contributed by atoms with Crippen LogP contribution in [0.2, 0.25) is 0 Å². The summed E-state index contributed by atoms with van der Waals surface area (Å²) in [5.74, 6) is 1.51. The van der Waals surface area contributed by atoms with Gasteiger partial charge in [-0.15, -0.1) is 0 Å². The first-order valence-corrected chi connectivity index (χ1v) is 7.14. The Labute approximate surface area is 128 Å². The van der Waals surface area contributed by atoms with Crippen LogP contribution in [0.1, 0.15) is 29.7 Å². The van der Waals surface area contributed by atoms with Gasteiger partial charge in [-0.1, -0.05) is 0 Å². The van der Waals surface area contributed by atoms with Gasteiger partial charge in [0.05, 0.1) is 12.2 Å². The quantitative estimate of drug-likeness (QED) is 0.850. The van der Waals surface area contributed by atoms with Crippen LogP contribution >= 0.6 is 0 Å². The molecule has 0 amide bonds. The van der Waals surface area contributed by atoms with Crippen molar-refractivity contribution in [3.05, 3.63) is 41.1 Å². The number of fused-ring (bicyclic) bond motifs is 1. The van der Waals surface area contributed by atoms with Gasteiger partial charge < -0.3 is 14.9 Å². The van der Waals surface area contributed by atoms with Gasteiger partial charge in [-0.25, -0.2) is 9.97 Å². The zero-order valence-electron chi connectivity index (χ0n) is 12.4. The lowest BCUT2D eigenvalue weighted by molar-refractivity contribution is -0.142. The van der Waals surface area contributed by atoms with Crippen LogP contribution in [0.15, 0.2) is 22.7 Å². The molecule has 0 aromatic carbocycles. The van der Waals surface area contributed by atoms with Gasteiger partial charge in [0.2, 0.25) is 5.95 Å². The van der Waals surface area contributed by atoms with Crippen molar-refractivity contribution in [2.75, 3.05) is 12.3 Å². The highest BCUT2D eigenvalue weighted by Gasteiger charge is 2.19. The lowest BCUT2D eigenvalue weighted by Crippen LogP contribution is -2.30. The highest BCUT2D eigenvalue weighted by molar-refractivity contribution is 5.65. The van der Waals surface area contributed by atoms with Crippen molar-refractivity contribution in [2.24, 2.45) is 0 Å². The molecule has 0 spiro atoms. The van der Waals surface area contributed by atoms with Crippen LogP contribution < -0.4 is 5.73 Å². The van der Waals surface area contributed by atoms with Crippen LogP contribution in [0.3, 0.4) is 0 Å². The van der Waals surface area contributed by atoms with Crippen molar-refractivity contribution in [3.8, 4) is 0 Å². The van der Waals surface area contributed by atoms with E-state index in [9.17, 15) is 4.79 Å². The molecule has 7 nitrogen and oxygen atoms in total. The maximum atomic E-state index is 10.8. The van der Waals surface area contributed by atoms with Crippen LogP contribution in [-0.4, -0.2) is 27.4 Å². The fourth-order valence-electron chi connectivity index (χ4n) is 2.50. The zero-order valence-corrected chi connectivity index (χ0v) is 12.4. The number of rotatable bonds is 4. The number of carbonyl (C=O) groups excluding carboxylic acids is 1. The van der Waals surface area contributed by atoms with E-state index in [1.807, 2.05) is 12.1 Å². The van der Waals surface area contributed by atoms with Crippen molar-refractivity contribution >= 4 is 11.9 Å². The smallest absolute Gasteiger partial charge is 0.303 e. The SMILES string of the molecule is CC(=O)OCc1ccc(CN2CCc3nc(N)ncc3C2)o1. The first-order valence-electron chi connectivity index (χ1n) is 7.14. The molecule has 0 fully saturated rings. The molecule has 3 rings (SSSR count). The standard InChI is InChI=1S/C15H18N4O3/c1-10(20)21-9-13-3-2-12(22-13)8-19-5-4-14-11(7-19)6-17-15(16)18-14/h2-3,6H,4-5,7-9H2,1H3,(H2,16,17,18). The third-order valence-electron chi connectivity index (χ3n) is 3.55. The first-order chi connectivity index (χ1) is 10.6. The minimum absolute atomic E-state index is 0.172. The Morgan fingerprint density at radius 3 is 3.09 bits per heavy atom. The summed E-state index contributed by atoms with van der Waals surface area (Å²) < 4.78 is 10.6. The molecule has 7 heteroatoms. The molecule has 2 aromatic rings. The lowest BCUT2D eigenvalue weighted by atomic mass is 10.1. The fraction of sp³-hybridized carbons (Fsp3) is 0.400. The number of nitrogen functional groups attached to an aromatic ring is 1. The number of aromatic nitrogens is 2. The molecule has 0 aliphatic carbocycles. The van der Waals surface area contributed by atoms with Crippen molar-refractivity contribution in [3.63, 3.8) is 0 Å². The second kappa shape index (κ2) is 6.15. The molecular weight excluding hydrogens is 284 g/mol. The van der Waals surface area contributed by atoms with Gasteiger partial charge in [0.1, 0.15) is 18.1 Å². The van der Waals surface area contributed by atoms with Crippen LogP contribution in [0, 0.1) is 0 Å². The number of hydrogen-bond donors (Lipinski definition) is 1. The molecule has 0 saturated carbocycles. The third kappa shape index (κ3) is 3.43. The molecule has 22 heavy (non-hydrogen) atoms. The Bertz CT molecular complexity index is 683. The number of nitrogens with zero attached hydrogens (tertiary/aromatic N) is 3. The summed E-state index contributed by atoms with van der Waals surface area (Å²) in [6, 6.07) is 3.74. The highest BCUT2D eigenvalue weighted by atomic mass is 16.5. The topological polar surface area (TPSA) is 94.5 Å². The van der Waals surface area contributed by atoms with Crippen molar-refractivity contribution in [1.82, 2.24) is 14.9 Å². The maximum Gasteiger partial charge on any atom is 0.303 e. The molecule has 3 heterocycles. The van der Waals surface area contributed by atoms with Crippen molar-refractivity contribution in [1.29, 1.82) is 0 Å². The monoisotopic (exact) mass is 302 g/mol. The predicted octanol–water partition coefficient (Wildman–Crippen LogP) is 1.27. The lowest BCUT2D eigenvalue weighted by Gasteiger charge is -2.26. The molecule has 2 aromatic heterocycles. The van der Waals surface area contributed by atoms with E-state index in [0.717, 1.165) is 36.5 Å². The van der Waals surface area contributed by atoms with Gasteiger partial charge in [0.15, 0.2) is 0 Å². The van der Waals surface area contributed by atoms with Crippen LogP contribution in [0.25, 0.3) is 0 Å². The Balaban J connectivity index is 1.60. The minimum Gasteiger partial charge on any atom is -0.461 e. The molecule has 0 bridgehead atoms. The Morgan fingerprint density at radius 1 is 1.45 bits per heavy atom. The summed E-state index contributed by atoms with van der Waals surface area (Å²) >= 11 is 0. The number of furan rings is 1. The van der Waals surface area contributed by atoms with Gasteiger partial charge in [-0.2, -0.15) is 0 Å². The number of esters is 1. The predicted molar refractivity (Wildman–Crippen MR) is 78.4 cm³/mol. The van der Waals surface area contributed by atoms with E-state index in [4.69, 9.17) is 14.9 Å². The molecule has 2 N–H and O–H groups in total. The van der Waals surface area contributed by atoms with E-state index in [1.165, 1.54) is 6.92 Å². The summed E-state index contributed by atoms with van der Waals surface area (Å²) in [5.41, 5.74) is 7.74. The number of hydrogen-bond acceptors (Lipinski definition) is 7. The molecule has 116 valence electrons. The van der Waals surface area contributed by atoms with E-state index in [0.29, 0.717) is 18.3 Å². The normalized spacial score (nSPS) is 14.6. The second-order valence-electron chi connectivity index (χ2n) is 5.31. The molecule has 1 aliphatic rings. The van der Waals surface area contributed by atoms with Crippen molar-refractivity contribution in [2.45, 2.75) is 33.0 Å². The number of carbonyl (C=O) groups is 1. The van der Waals surface area contributed by atoms with Crippen LogP contribution in [0.4, 0.5) is 5.95 Å². The molecule has 0 saturated heterocycles. The summed E-state index contributed by atoms with van der Waals surface area (Å²) in [6.45, 7) is 3.91. The Kier molecular flexibility index (Phi) is 4.06. The van der Waals surface area contributed by atoms with Gasteiger partial charge in [-0.05, 0) is 12.1 Å². The molecule has 0 radical (unpaired) electrons. The summed E-state index contributed by atoms with van der Waals surface area (Å²) in [5, 5.41) is 0. The molecule has 0 unspecified atom stereocenters. The first kappa shape index (κ1) is 14.5. The Morgan fingerprint density at radius 2 is 2.27 bits per heavy atom. The van der Waals surface area contributed by atoms with E-state index >= 15 is 0 Å². The fourth-order valence-corrected chi connectivity index (χ4v) is 2.50. The summed E-state index contributed by atoms with van der Waals surface area (Å²) in [6.07, 6.45) is 2.64. The molecular formula is C15H18N4O3. The maximum absolute atomic E-state index is 10.8. The van der Waals surface area contributed by atoms with Gasteiger partial charge in [0, 0.05) is 38.2 Å². The minimum atomic E-state index is -0.315. The third-order valence-corrected chi connectivity index (χ3v) is 3.55. The number of nitrogens with two attached hydrogens (primary N) is 1. The summed E-state index contributed by atoms with van der Waals surface area (Å²) in [4.78, 5) is 21.4. The summed E-state index contributed by atoms with van der Waals surface area (Å²) in [7, 11) is 0. The van der Waals surface area contributed by atoms with Crippen molar-refractivity contribution < 1.29 is 13.9 Å². The highest BCUT2D eigenvalue weighted by Crippen LogP contribution is 2.20. The van der Waals surface area contributed by atoms with E-state index in [1.54, 1.807) is 6.20 Å². The zero-order chi connectivity index (χ0) is 15.5. The van der Waals surface area contributed by atoms with E-state index in [2.05, 4.69) is 14.9 Å². The van der Waals surface area contributed by atoms with Crippen LogP contribution in [-0.2, 0) is 35.6 Å².